The van der Waals surface area contributed by atoms with Crippen LogP contribution in [0.3, 0.4) is 0 Å². The van der Waals surface area contributed by atoms with Crippen LogP contribution in [0.2, 0.25) is 0 Å². The van der Waals surface area contributed by atoms with Crippen molar-refractivity contribution >= 4 is 11.8 Å². The Bertz CT molecular complexity index is 764. The molecule has 1 heterocycles. The lowest BCUT2D eigenvalue weighted by molar-refractivity contribution is -0.124. The van der Waals surface area contributed by atoms with Gasteiger partial charge in [-0.3, -0.25) is 14.5 Å². The molecule has 3 rings (SSSR count). The standard InChI is InChI=1S/C19H21N3O3/c1-21-10-11-22(13-17(21)18(20)23)19(24)14-6-5-9-16(12-14)25-15-7-3-2-4-8-15/h2-9,12,17H,10-11,13H2,1H3,(H2,20,23). The molecule has 1 atom stereocenters. The largest absolute Gasteiger partial charge is 0.457 e. The van der Waals surface area contributed by atoms with Crippen molar-refractivity contribution in [1.29, 1.82) is 0 Å². The molecule has 0 saturated carbocycles. The van der Waals surface area contributed by atoms with Crippen molar-refractivity contribution in [3.63, 3.8) is 0 Å². The number of carbonyl (C=O) groups is 2. The minimum atomic E-state index is -0.457. The van der Waals surface area contributed by atoms with E-state index >= 15 is 0 Å². The predicted octanol–water partition coefficient (Wildman–Crippen LogP) is 1.72. The zero-order valence-electron chi connectivity index (χ0n) is 14.1. The molecule has 130 valence electrons. The molecule has 1 saturated heterocycles. The van der Waals surface area contributed by atoms with Crippen LogP contribution in [0.1, 0.15) is 10.4 Å². The molecule has 0 aromatic heterocycles. The van der Waals surface area contributed by atoms with E-state index in [9.17, 15) is 9.59 Å². The zero-order chi connectivity index (χ0) is 17.8. The maximum Gasteiger partial charge on any atom is 0.254 e. The summed E-state index contributed by atoms with van der Waals surface area (Å²) in [6.07, 6.45) is 0. The van der Waals surface area contributed by atoms with Gasteiger partial charge < -0.3 is 15.4 Å². The highest BCUT2D eigenvalue weighted by atomic mass is 16.5. The van der Waals surface area contributed by atoms with E-state index in [0.717, 1.165) is 0 Å². The van der Waals surface area contributed by atoms with Crippen molar-refractivity contribution in [3.05, 3.63) is 60.2 Å². The predicted molar refractivity (Wildman–Crippen MR) is 94.5 cm³/mol. The molecule has 2 N–H and O–H groups in total. The number of amides is 2. The minimum absolute atomic E-state index is 0.127. The van der Waals surface area contributed by atoms with Crippen LogP contribution in [-0.2, 0) is 4.79 Å². The third kappa shape index (κ3) is 3.97. The summed E-state index contributed by atoms with van der Waals surface area (Å²) < 4.78 is 5.78. The molecule has 1 aliphatic heterocycles. The van der Waals surface area contributed by atoms with Crippen LogP contribution in [0.25, 0.3) is 0 Å². The minimum Gasteiger partial charge on any atom is -0.457 e. The average Bonchev–Trinajstić information content (AvgIpc) is 2.62. The molecule has 2 aromatic carbocycles. The lowest BCUT2D eigenvalue weighted by atomic mass is 10.1. The van der Waals surface area contributed by atoms with E-state index in [1.165, 1.54) is 0 Å². The summed E-state index contributed by atoms with van der Waals surface area (Å²) in [6.45, 7) is 1.47. The highest BCUT2D eigenvalue weighted by molar-refractivity contribution is 5.95. The monoisotopic (exact) mass is 339 g/mol. The molecular formula is C19H21N3O3. The Balaban J connectivity index is 1.74. The summed E-state index contributed by atoms with van der Waals surface area (Å²) >= 11 is 0. The Hall–Kier alpha value is -2.86. The van der Waals surface area contributed by atoms with Gasteiger partial charge in [0.2, 0.25) is 5.91 Å². The van der Waals surface area contributed by atoms with Gasteiger partial charge in [-0.05, 0) is 37.4 Å². The second-order valence-corrected chi connectivity index (χ2v) is 6.09. The third-order valence-corrected chi connectivity index (χ3v) is 4.32. The number of piperazine rings is 1. The molecule has 2 aromatic rings. The van der Waals surface area contributed by atoms with Crippen LogP contribution in [0, 0.1) is 0 Å². The summed E-state index contributed by atoms with van der Waals surface area (Å²) in [4.78, 5) is 27.9. The number of nitrogens with zero attached hydrogens (tertiary/aromatic N) is 2. The summed E-state index contributed by atoms with van der Waals surface area (Å²) in [5.41, 5.74) is 5.96. The molecule has 0 aliphatic carbocycles. The molecule has 25 heavy (non-hydrogen) atoms. The van der Waals surface area contributed by atoms with E-state index in [2.05, 4.69) is 0 Å². The van der Waals surface area contributed by atoms with E-state index in [4.69, 9.17) is 10.5 Å². The number of benzene rings is 2. The van der Waals surface area contributed by atoms with Gasteiger partial charge in [0.05, 0.1) is 0 Å². The van der Waals surface area contributed by atoms with Gasteiger partial charge in [-0.2, -0.15) is 0 Å². The van der Waals surface area contributed by atoms with Crippen LogP contribution < -0.4 is 10.5 Å². The highest BCUT2D eigenvalue weighted by Crippen LogP contribution is 2.23. The van der Waals surface area contributed by atoms with Crippen molar-refractivity contribution in [1.82, 2.24) is 9.80 Å². The van der Waals surface area contributed by atoms with Crippen LogP contribution >= 0.6 is 0 Å². The average molecular weight is 339 g/mol. The molecule has 6 heteroatoms. The van der Waals surface area contributed by atoms with Gasteiger partial charge in [0.1, 0.15) is 17.5 Å². The maximum atomic E-state index is 12.8. The Morgan fingerprint density at radius 1 is 1.04 bits per heavy atom. The number of nitrogens with two attached hydrogens (primary N) is 1. The molecular weight excluding hydrogens is 318 g/mol. The topological polar surface area (TPSA) is 75.9 Å². The van der Waals surface area contributed by atoms with Crippen molar-refractivity contribution in [2.45, 2.75) is 6.04 Å². The first-order valence-electron chi connectivity index (χ1n) is 8.16. The fourth-order valence-electron chi connectivity index (χ4n) is 2.87. The number of rotatable bonds is 4. The number of carbonyl (C=O) groups excluding carboxylic acids is 2. The van der Waals surface area contributed by atoms with E-state index < -0.39 is 11.9 Å². The van der Waals surface area contributed by atoms with Gasteiger partial charge in [0, 0.05) is 25.2 Å². The molecule has 1 fully saturated rings. The van der Waals surface area contributed by atoms with Crippen molar-refractivity contribution in [2.75, 3.05) is 26.7 Å². The normalized spacial score (nSPS) is 18.0. The first kappa shape index (κ1) is 17.0. The first-order valence-corrected chi connectivity index (χ1v) is 8.16. The Morgan fingerprint density at radius 2 is 1.76 bits per heavy atom. The molecule has 2 amide bonds. The van der Waals surface area contributed by atoms with E-state index in [-0.39, 0.29) is 5.91 Å². The highest BCUT2D eigenvalue weighted by Gasteiger charge is 2.31. The summed E-state index contributed by atoms with van der Waals surface area (Å²) in [5.74, 6) is 0.761. The van der Waals surface area contributed by atoms with Crippen LogP contribution in [-0.4, -0.2) is 54.3 Å². The molecule has 0 bridgehead atoms. The molecule has 1 unspecified atom stereocenters. The fraction of sp³-hybridized carbons (Fsp3) is 0.263. The zero-order valence-corrected chi connectivity index (χ0v) is 14.1. The van der Waals surface area contributed by atoms with E-state index in [1.807, 2.05) is 42.3 Å². The number of primary amides is 1. The molecule has 6 nitrogen and oxygen atoms in total. The quantitative estimate of drug-likeness (QED) is 0.920. The number of likely N-dealkylation sites (N-methyl/N-ethyl adjacent to an activating group) is 1. The smallest absolute Gasteiger partial charge is 0.254 e. The first-order chi connectivity index (χ1) is 12.0. The van der Waals surface area contributed by atoms with Crippen LogP contribution in [0.4, 0.5) is 0 Å². The number of hydrogen-bond donors (Lipinski definition) is 1. The van der Waals surface area contributed by atoms with Gasteiger partial charge in [0.15, 0.2) is 0 Å². The van der Waals surface area contributed by atoms with Crippen molar-refractivity contribution in [2.24, 2.45) is 5.73 Å². The van der Waals surface area contributed by atoms with Gasteiger partial charge in [0.25, 0.3) is 5.91 Å². The van der Waals surface area contributed by atoms with E-state index in [1.54, 1.807) is 29.2 Å². The second kappa shape index (κ2) is 7.36. The number of ether oxygens (including phenoxy) is 1. The Labute approximate surface area is 146 Å². The van der Waals surface area contributed by atoms with Gasteiger partial charge in [-0.15, -0.1) is 0 Å². The third-order valence-electron chi connectivity index (χ3n) is 4.32. The van der Waals surface area contributed by atoms with E-state index in [0.29, 0.717) is 36.7 Å². The number of hydrogen-bond acceptors (Lipinski definition) is 4. The van der Waals surface area contributed by atoms with Gasteiger partial charge in [-0.25, -0.2) is 0 Å². The lowest BCUT2D eigenvalue weighted by Gasteiger charge is -2.37. The molecule has 0 spiro atoms. The maximum absolute atomic E-state index is 12.8. The van der Waals surface area contributed by atoms with Crippen LogP contribution in [0.15, 0.2) is 54.6 Å². The molecule has 1 aliphatic rings. The van der Waals surface area contributed by atoms with Gasteiger partial charge >= 0.3 is 0 Å². The Morgan fingerprint density at radius 3 is 2.48 bits per heavy atom. The fourth-order valence-corrected chi connectivity index (χ4v) is 2.87. The second-order valence-electron chi connectivity index (χ2n) is 6.09. The number of para-hydroxylation sites is 1. The van der Waals surface area contributed by atoms with Crippen molar-refractivity contribution in [3.8, 4) is 11.5 Å². The molecule has 0 radical (unpaired) electrons. The summed E-state index contributed by atoms with van der Waals surface area (Å²) in [5, 5.41) is 0. The summed E-state index contributed by atoms with van der Waals surface area (Å²) in [6, 6.07) is 16.0. The lowest BCUT2D eigenvalue weighted by Crippen LogP contribution is -2.57. The summed E-state index contributed by atoms with van der Waals surface area (Å²) in [7, 11) is 1.84. The Kier molecular flexibility index (Phi) is 5.00. The van der Waals surface area contributed by atoms with Crippen LogP contribution in [0.5, 0.6) is 11.5 Å². The van der Waals surface area contributed by atoms with Gasteiger partial charge in [-0.1, -0.05) is 24.3 Å². The van der Waals surface area contributed by atoms with Crippen molar-refractivity contribution < 1.29 is 14.3 Å². The SMILES string of the molecule is CN1CCN(C(=O)c2cccc(Oc3ccccc3)c2)CC1C(N)=O.